The first-order chi connectivity index (χ1) is 9.74. The van der Waals surface area contributed by atoms with Gasteiger partial charge in [-0.05, 0) is 42.9 Å². The van der Waals surface area contributed by atoms with Crippen LogP contribution in [0.3, 0.4) is 0 Å². The molecule has 2 atom stereocenters. The van der Waals surface area contributed by atoms with Gasteiger partial charge in [-0.1, -0.05) is 26.7 Å². The van der Waals surface area contributed by atoms with Crippen LogP contribution in [-0.2, 0) is 0 Å². The van der Waals surface area contributed by atoms with Crippen LogP contribution < -0.4 is 5.32 Å². The van der Waals surface area contributed by atoms with Crippen LogP contribution >= 0.6 is 0 Å². The van der Waals surface area contributed by atoms with E-state index in [1.54, 1.807) is 12.4 Å². The summed E-state index contributed by atoms with van der Waals surface area (Å²) in [4.78, 5) is 8.71. The summed E-state index contributed by atoms with van der Waals surface area (Å²) in [5.41, 5.74) is 3.10. The van der Waals surface area contributed by atoms with Gasteiger partial charge in [0.1, 0.15) is 0 Å². The lowest BCUT2D eigenvalue weighted by Crippen LogP contribution is -2.35. The second kappa shape index (κ2) is 5.78. The highest BCUT2D eigenvalue weighted by atomic mass is 14.9. The maximum Gasteiger partial charge on any atom is 0.0907 e. The molecule has 106 valence electrons. The van der Waals surface area contributed by atoms with E-state index in [0.29, 0.717) is 6.04 Å². The lowest BCUT2D eigenvalue weighted by Gasteiger charge is -2.35. The van der Waals surface area contributed by atoms with Crippen molar-refractivity contribution < 1.29 is 0 Å². The fraction of sp³-hybridized carbons (Fsp3) is 0.529. The second-order valence-electron chi connectivity index (χ2n) is 6.20. The summed E-state index contributed by atoms with van der Waals surface area (Å²) in [6.07, 6.45) is 8.84. The van der Waals surface area contributed by atoms with Gasteiger partial charge in [-0.3, -0.25) is 9.97 Å². The third-order valence-corrected chi connectivity index (χ3v) is 4.50. The lowest BCUT2D eigenvalue weighted by atomic mass is 9.78. The molecule has 0 radical (unpaired) electrons. The number of nitrogens with one attached hydrogen (secondary N) is 1. The molecule has 3 rings (SSSR count). The zero-order chi connectivity index (χ0) is 13.9. The number of nitrogens with zero attached hydrogens (tertiary/aromatic N) is 2. The lowest BCUT2D eigenvalue weighted by molar-refractivity contribution is 0.254. The van der Waals surface area contributed by atoms with Gasteiger partial charge in [0, 0.05) is 24.1 Å². The molecule has 1 N–H and O–H groups in total. The maximum absolute atomic E-state index is 4.39. The Morgan fingerprint density at radius 3 is 2.60 bits per heavy atom. The van der Waals surface area contributed by atoms with E-state index in [4.69, 9.17) is 0 Å². The standard InChI is InChI=1S/C17H23N3/c1-12(2)14-5-3-4-6-15(14)20-13-7-8-16-17(11-13)19-10-9-18-16/h7-12,14-15,20H,3-6H2,1-2H3. The first kappa shape index (κ1) is 13.3. The molecule has 0 spiro atoms. The molecule has 2 unspecified atom stereocenters. The van der Waals surface area contributed by atoms with Gasteiger partial charge in [-0.15, -0.1) is 0 Å². The number of aromatic nitrogens is 2. The van der Waals surface area contributed by atoms with E-state index >= 15 is 0 Å². The van der Waals surface area contributed by atoms with E-state index < -0.39 is 0 Å². The molecule has 3 heteroatoms. The predicted molar refractivity (Wildman–Crippen MR) is 83.7 cm³/mol. The van der Waals surface area contributed by atoms with Gasteiger partial charge in [0.05, 0.1) is 11.0 Å². The Morgan fingerprint density at radius 1 is 1.05 bits per heavy atom. The summed E-state index contributed by atoms with van der Waals surface area (Å²) in [7, 11) is 0. The first-order valence-corrected chi connectivity index (χ1v) is 7.71. The summed E-state index contributed by atoms with van der Waals surface area (Å²) >= 11 is 0. The van der Waals surface area contributed by atoms with Crippen LogP contribution in [0.15, 0.2) is 30.6 Å². The third-order valence-electron chi connectivity index (χ3n) is 4.50. The van der Waals surface area contributed by atoms with E-state index in [2.05, 4.69) is 47.3 Å². The maximum atomic E-state index is 4.39. The SMILES string of the molecule is CC(C)C1CCCCC1Nc1ccc2nccnc2c1. The van der Waals surface area contributed by atoms with Crippen LogP contribution in [0.5, 0.6) is 0 Å². The molecule has 1 aromatic heterocycles. The number of rotatable bonds is 3. The highest BCUT2D eigenvalue weighted by Crippen LogP contribution is 2.32. The minimum Gasteiger partial charge on any atom is -0.382 e. The van der Waals surface area contributed by atoms with Crippen LogP contribution in [0.25, 0.3) is 11.0 Å². The topological polar surface area (TPSA) is 37.8 Å². The Morgan fingerprint density at radius 2 is 1.80 bits per heavy atom. The monoisotopic (exact) mass is 269 g/mol. The average Bonchev–Trinajstić information content (AvgIpc) is 2.47. The van der Waals surface area contributed by atoms with Crippen molar-refractivity contribution >= 4 is 16.7 Å². The fourth-order valence-corrected chi connectivity index (χ4v) is 3.40. The fourth-order valence-electron chi connectivity index (χ4n) is 3.40. The summed E-state index contributed by atoms with van der Waals surface area (Å²) in [5, 5.41) is 3.74. The Hall–Kier alpha value is -1.64. The zero-order valence-corrected chi connectivity index (χ0v) is 12.3. The predicted octanol–water partition coefficient (Wildman–Crippen LogP) is 4.26. The molecule has 1 aliphatic carbocycles. The zero-order valence-electron chi connectivity index (χ0n) is 12.3. The van der Waals surface area contributed by atoms with Gasteiger partial charge in [-0.25, -0.2) is 0 Å². The molecule has 1 aromatic carbocycles. The van der Waals surface area contributed by atoms with Crippen molar-refractivity contribution in [1.82, 2.24) is 9.97 Å². The van der Waals surface area contributed by atoms with Crippen molar-refractivity contribution in [3.05, 3.63) is 30.6 Å². The molecule has 0 amide bonds. The van der Waals surface area contributed by atoms with Gasteiger partial charge in [-0.2, -0.15) is 0 Å². The molecule has 0 aliphatic heterocycles. The highest BCUT2D eigenvalue weighted by Gasteiger charge is 2.27. The van der Waals surface area contributed by atoms with Crippen molar-refractivity contribution in [3.8, 4) is 0 Å². The van der Waals surface area contributed by atoms with E-state index in [1.807, 2.05) is 0 Å². The van der Waals surface area contributed by atoms with Crippen LogP contribution in [-0.4, -0.2) is 16.0 Å². The molecule has 20 heavy (non-hydrogen) atoms. The van der Waals surface area contributed by atoms with Crippen molar-refractivity contribution in [2.75, 3.05) is 5.32 Å². The van der Waals surface area contributed by atoms with Gasteiger partial charge in [0.15, 0.2) is 0 Å². The Labute approximate surface area is 120 Å². The minimum atomic E-state index is 0.595. The van der Waals surface area contributed by atoms with Crippen LogP contribution in [0.2, 0.25) is 0 Å². The van der Waals surface area contributed by atoms with Crippen LogP contribution in [0.4, 0.5) is 5.69 Å². The Balaban J connectivity index is 1.80. The minimum absolute atomic E-state index is 0.595. The van der Waals surface area contributed by atoms with E-state index in [1.165, 1.54) is 31.4 Å². The smallest absolute Gasteiger partial charge is 0.0907 e. The van der Waals surface area contributed by atoms with Crippen molar-refractivity contribution in [2.24, 2.45) is 11.8 Å². The molecule has 2 aromatic rings. The molecule has 1 heterocycles. The largest absolute Gasteiger partial charge is 0.382 e. The third kappa shape index (κ3) is 2.77. The Bertz CT molecular complexity index is 579. The van der Waals surface area contributed by atoms with Gasteiger partial charge < -0.3 is 5.32 Å². The number of fused-ring (bicyclic) bond motifs is 1. The number of hydrogen-bond donors (Lipinski definition) is 1. The van der Waals surface area contributed by atoms with Gasteiger partial charge in [0.25, 0.3) is 0 Å². The Kier molecular flexibility index (Phi) is 3.86. The molecule has 0 saturated heterocycles. The number of hydrogen-bond acceptors (Lipinski definition) is 3. The number of benzene rings is 1. The quantitative estimate of drug-likeness (QED) is 0.904. The molecule has 1 aliphatic rings. The first-order valence-electron chi connectivity index (χ1n) is 7.71. The van der Waals surface area contributed by atoms with Crippen molar-refractivity contribution in [2.45, 2.75) is 45.6 Å². The summed E-state index contributed by atoms with van der Waals surface area (Å²) in [6.45, 7) is 4.69. The second-order valence-corrected chi connectivity index (χ2v) is 6.20. The molecular formula is C17H23N3. The summed E-state index contributed by atoms with van der Waals surface area (Å²) in [5.74, 6) is 1.52. The van der Waals surface area contributed by atoms with Crippen molar-refractivity contribution in [3.63, 3.8) is 0 Å². The normalized spacial score (nSPS) is 23.1. The van der Waals surface area contributed by atoms with Crippen LogP contribution in [0.1, 0.15) is 39.5 Å². The molecule has 1 fully saturated rings. The molecule has 0 bridgehead atoms. The number of anilines is 1. The van der Waals surface area contributed by atoms with Crippen LogP contribution in [0, 0.1) is 11.8 Å². The highest BCUT2D eigenvalue weighted by molar-refractivity contribution is 5.78. The van der Waals surface area contributed by atoms with Crippen molar-refractivity contribution in [1.29, 1.82) is 0 Å². The van der Waals surface area contributed by atoms with E-state index in [0.717, 1.165) is 22.9 Å². The van der Waals surface area contributed by atoms with E-state index in [9.17, 15) is 0 Å². The van der Waals surface area contributed by atoms with Gasteiger partial charge >= 0.3 is 0 Å². The van der Waals surface area contributed by atoms with E-state index in [-0.39, 0.29) is 0 Å². The molecule has 1 saturated carbocycles. The summed E-state index contributed by atoms with van der Waals surface area (Å²) < 4.78 is 0. The average molecular weight is 269 g/mol. The molecule has 3 nitrogen and oxygen atoms in total. The van der Waals surface area contributed by atoms with Gasteiger partial charge in [0.2, 0.25) is 0 Å². The summed E-state index contributed by atoms with van der Waals surface area (Å²) in [6, 6.07) is 6.90. The molecular weight excluding hydrogens is 246 g/mol.